The Bertz CT molecular complexity index is 1780. The molecule has 4 aromatic heterocycles. The van der Waals surface area contributed by atoms with Crippen LogP contribution in [0.25, 0.3) is 21.3 Å². The van der Waals surface area contributed by atoms with Gasteiger partial charge in [-0.2, -0.15) is 10.2 Å². The summed E-state index contributed by atoms with van der Waals surface area (Å²) in [5.74, 6) is -1.20. The van der Waals surface area contributed by atoms with Crippen molar-refractivity contribution in [3.63, 3.8) is 0 Å². The second-order valence-corrected chi connectivity index (χ2v) is 10.3. The van der Waals surface area contributed by atoms with Gasteiger partial charge in [0.15, 0.2) is 12.4 Å². The van der Waals surface area contributed by atoms with Gasteiger partial charge in [-0.1, -0.05) is 29.3 Å². The Morgan fingerprint density at radius 2 is 2.00 bits per heavy atom. The Morgan fingerprint density at radius 1 is 1.23 bits per heavy atom. The van der Waals surface area contributed by atoms with Crippen LogP contribution in [0, 0.1) is 6.92 Å². The molecular weight excluding hydrogens is 587 g/mol. The maximum Gasteiger partial charge on any atom is 0.280 e. The third-order valence-corrected chi connectivity index (χ3v) is 7.93. The molecule has 4 heterocycles. The van der Waals surface area contributed by atoms with Crippen molar-refractivity contribution in [3.8, 4) is 16.9 Å². The van der Waals surface area contributed by atoms with E-state index in [1.807, 2.05) is 0 Å². The first kappa shape index (κ1) is 27.5. The fraction of sp³-hybridized carbons (Fsp3) is 0.160. The summed E-state index contributed by atoms with van der Waals surface area (Å²) in [6, 6.07) is 7.58. The number of carbonyl (C=O) groups is 2. The molecule has 0 aliphatic carbocycles. The summed E-state index contributed by atoms with van der Waals surface area (Å²) in [5.41, 5.74) is 6.68. The molecule has 0 atom stereocenters. The van der Waals surface area contributed by atoms with Crippen molar-refractivity contribution in [2.75, 3.05) is 5.32 Å². The van der Waals surface area contributed by atoms with E-state index in [4.69, 9.17) is 33.7 Å². The molecule has 5 aromatic rings. The van der Waals surface area contributed by atoms with E-state index in [9.17, 15) is 18.4 Å². The van der Waals surface area contributed by atoms with Gasteiger partial charge in [-0.3, -0.25) is 14.3 Å². The van der Waals surface area contributed by atoms with Crippen molar-refractivity contribution in [1.82, 2.24) is 24.5 Å². The third-order valence-electron chi connectivity index (χ3n) is 6.03. The summed E-state index contributed by atoms with van der Waals surface area (Å²) in [7, 11) is 1.71. The number of amides is 2. The quantitative estimate of drug-likeness (QED) is 0.229. The first-order valence-electron chi connectivity index (χ1n) is 11.5. The topological polar surface area (TPSA) is 130 Å². The molecule has 206 valence electrons. The average Bonchev–Trinajstić information content (AvgIpc) is 3.62. The lowest BCUT2D eigenvalue weighted by molar-refractivity contribution is 0.100. The molecule has 0 unspecified atom stereocenters. The van der Waals surface area contributed by atoms with E-state index >= 15 is 0 Å². The highest BCUT2D eigenvalue weighted by atomic mass is 35.5. The van der Waals surface area contributed by atoms with Crippen LogP contribution in [-0.2, 0) is 13.8 Å². The first-order valence-corrected chi connectivity index (χ1v) is 13.1. The molecule has 2 amide bonds. The minimum Gasteiger partial charge on any atom is -0.470 e. The van der Waals surface area contributed by atoms with E-state index in [2.05, 4.69) is 20.5 Å². The number of ether oxygens (including phenoxy) is 1. The van der Waals surface area contributed by atoms with E-state index in [1.165, 1.54) is 29.2 Å². The van der Waals surface area contributed by atoms with Gasteiger partial charge in [0.25, 0.3) is 18.2 Å². The maximum absolute atomic E-state index is 13.7. The monoisotopic (exact) mass is 605 g/mol. The van der Waals surface area contributed by atoms with Crippen molar-refractivity contribution < 1.29 is 23.1 Å². The van der Waals surface area contributed by atoms with E-state index in [-0.39, 0.29) is 38.2 Å². The summed E-state index contributed by atoms with van der Waals surface area (Å²) in [4.78, 5) is 29.7. The smallest absolute Gasteiger partial charge is 0.280 e. The SMILES string of the molecule is Cc1c(-c2cc(C(F)F)nc3sc(C(N)=O)c(NC(=O)c4ccn(COc5cccc(Cl)c5Cl)n4)c23)cnn1C. The van der Waals surface area contributed by atoms with E-state index in [0.29, 0.717) is 27.6 Å². The number of pyridine rings is 1. The molecule has 0 spiro atoms. The summed E-state index contributed by atoms with van der Waals surface area (Å²) in [5, 5.41) is 11.9. The molecule has 0 radical (unpaired) electrons. The molecule has 5 rings (SSSR count). The molecule has 3 N–H and O–H groups in total. The minimum atomic E-state index is -2.87. The van der Waals surface area contributed by atoms with Gasteiger partial charge in [0.05, 0.1) is 16.9 Å². The minimum absolute atomic E-state index is 0.00757. The fourth-order valence-corrected chi connectivity index (χ4v) is 5.32. The van der Waals surface area contributed by atoms with E-state index in [1.54, 1.807) is 36.9 Å². The molecule has 0 bridgehead atoms. The number of nitrogens with one attached hydrogen (secondary N) is 1. The van der Waals surface area contributed by atoms with Gasteiger partial charge in [-0.15, -0.1) is 11.3 Å². The highest BCUT2D eigenvalue weighted by molar-refractivity contribution is 7.21. The maximum atomic E-state index is 13.7. The van der Waals surface area contributed by atoms with Crippen molar-refractivity contribution in [2.45, 2.75) is 20.1 Å². The number of primary amides is 1. The highest BCUT2D eigenvalue weighted by Gasteiger charge is 2.26. The lowest BCUT2D eigenvalue weighted by atomic mass is 10.0. The van der Waals surface area contributed by atoms with Crippen LogP contribution in [0.15, 0.2) is 42.7 Å². The number of nitrogens with two attached hydrogens (primary N) is 1. The molecule has 10 nitrogen and oxygen atoms in total. The van der Waals surface area contributed by atoms with Crippen LogP contribution in [0.5, 0.6) is 5.75 Å². The van der Waals surface area contributed by atoms with Crippen LogP contribution in [0.3, 0.4) is 0 Å². The number of benzene rings is 1. The standard InChI is InChI=1S/C25H19Cl2F2N7O3S/c1-11-13(9-31-35(11)2)12-8-16(22(28)29)32-25-18(12)20(21(40-25)23(30)37)33-24(38)15-6-7-36(34-15)10-39-17-5-3-4-14(26)19(17)27/h3-9,22H,10H2,1-2H3,(H2,30,37)(H,33,38). The summed E-state index contributed by atoms with van der Waals surface area (Å²) in [6.45, 7) is 1.69. The number of hydrogen-bond donors (Lipinski definition) is 2. The number of rotatable bonds is 8. The van der Waals surface area contributed by atoms with Crippen LogP contribution < -0.4 is 15.8 Å². The first-order chi connectivity index (χ1) is 19.0. The second-order valence-electron chi connectivity index (χ2n) is 8.53. The second kappa shape index (κ2) is 10.8. The largest absolute Gasteiger partial charge is 0.470 e. The van der Waals surface area contributed by atoms with Crippen LogP contribution in [0.4, 0.5) is 14.5 Å². The molecule has 0 saturated heterocycles. The number of halogens is 4. The number of fused-ring (bicyclic) bond motifs is 1. The highest BCUT2D eigenvalue weighted by Crippen LogP contribution is 2.43. The van der Waals surface area contributed by atoms with Gasteiger partial charge in [0.2, 0.25) is 0 Å². The van der Waals surface area contributed by atoms with Gasteiger partial charge < -0.3 is 15.8 Å². The molecule has 0 aliphatic heterocycles. The van der Waals surface area contributed by atoms with E-state index in [0.717, 1.165) is 11.3 Å². The van der Waals surface area contributed by atoms with Gasteiger partial charge in [-0.05, 0) is 36.8 Å². The Labute approximate surface area is 239 Å². The van der Waals surface area contributed by atoms with Crippen LogP contribution in [0.1, 0.15) is 38.0 Å². The molecule has 1 aromatic carbocycles. The number of aromatic nitrogens is 5. The number of aryl methyl sites for hydroxylation is 1. The van der Waals surface area contributed by atoms with Gasteiger partial charge in [0.1, 0.15) is 26.2 Å². The Morgan fingerprint density at radius 3 is 2.67 bits per heavy atom. The van der Waals surface area contributed by atoms with Crippen molar-refractivity contribution in [3.05, 3.63) is 74.7 Å². The van der Waals surface area contributed by atoms with E-state index < -0.39 is 23.9 Å². The molecule has 40 heavy (non-hydrogen) atoms. The van der Waals surface area contributed by atoms with Gasteiger partial charge in [-0.25, -0.2) is 18.4 Å². The Kier molecular flexibility index (Phi) is 7.45. The zero-order valence-corrected chi connectivity index (χ0v) is 23.1. The summed E-state index contributed by atoms with van der Waals surface area (Å²) < 4.78 is 36.0. The van der Waals surface area contributed by atoms with Gasteiger partial charge in [0, 0.05) is 29.9 Å². The molecule has 15 heteroatoms. The van der Waals surface area contributed by atoms with Crippen molar-refractivity contribution in [2.24, 2.45) is 12.8 Å². The predicted octanol–water partition coefficient (Wildman–Crippen LogP) is 5.83. The van der Waals surface area contributed by atoms with Crippen molar-refractivity contribution in [1.29, 1.82) is 0 Å². The average molecular weight is 606 g/mol. The number of nitrogens with zero attached hydrogens (tertiary/aromatic N) is 5. The van der Waals surface area contributed by atoms with Gasteiger partial charge >= 0.3 is 0 Å². The lowest BCUT2D eigenvalue weighted by Crippen LogP contribution is -2.18. The Balaban J connectivity index is 1.51. The number of thiophene rings is 1. The molecular formula is C25H19Cl2F2N7O3S. The van der Waals surface area contributed by atoms with Crippen molar-refractivity contribution >= 4 is 62.3 Å². The normalized spacial score (nSPS) is 11.4. The number of hydrogen-bond acceptors (Lipinski definition) is 7. The molecule has 0 aliphatic rings. The number of carbonyl (C=O) groups excluding carboxylic acids is 2. The zero-order valence-electron chi connectivity index (χ0n) is 20.8. The lowest BCUT2D eigenvalue weighted by Gasteiger charge is -2.10. The number of alkyl halides is 2. The third kappa shape index (κ3) is 5.10. The Hall–Kier alpha value is -4.07. The fourth-order valence-electron chi connectivity index (χ4n) is 3.96. The van der Waals surface area contributed by atoms with Crippen LogP contribution >= 0.6 is 34.5 Å². The summed E-state index contributed by atoms with van der Waals surface area (Å²) in [6.07, 6.45) is 0.153. The van der Waals surface area contributed by atoms with Crippen LogP contribution in [-0.4, -0.2) is 36.4 Å². The zero-order chi connectivity index (χ0) is 28.7. The molecule has 0 saturated carbocycles. The summed E-state index contributed by atoms with van der Waals surface area (Å²) >= 11 is 12.9. The molecule has 0 fully saturated rings. The number of anilines is 1. The van der Waals surface area contributed by atoms with Crippen LogP contribution in [0.2, 0.25) is 10.0 Å². The predicted molar refractivity (Wildman–Crippen MR) is 147 cm³/mol.